The first-order chi connectivity index (χ1) is 8.54. The minimum atomic E-state index is -0.459. The highest BCUT2D eigenvalue weighted by atomic mass is 16.2. The van der Waals surface area contributed by atoms with Gasteiger partial charge in [-0.1, -0.05) is 19.1 Å². The Bertz CT molecular complexity index is 467. The van der Waals surface area contributed by atoms with E-state index < -0.39 is 12.1 Å². The summed E-state index contributed by atoms with van der Waals surface area (Å²) >= 11 is 0. The van der Waals surface area contributed by atoms with E-state index in [1.807, 2.05) is 24.3 Å². The maximum atomic E-state index is 12.1. The molecule has 2 atom stereocenters. The highest BCUT2D eigenvalue weighted by Gasteiger charge is 2.36. The second-order valence-electron chi connectivity index (χ2n) is 4.63. The molecule has 1 saturated heterocycles. The maximum Gasteiger partial charge on any atom is 0.250 e. The fraction of sp³-hybridized carbons (Fsp3) is 0.429. The summed E-state index contributed by atoms with van der Waals surface area (Å²) in [7, 11) is 0. The zero-order valence-electron chi connectivity index (χ0n) is 10.9. The molecule has 2 amide bonds. The molecule has 18 heavy (non-hydrogen) atoms. The fourth-order valence-corrected chi connectivity index (χ4v) is 2.16. The topological polar surface area (TPSA) is 49.4 Å². The standard InChI is InChI=1S/C14H18N2O2/c1-4-11-5-7-12(8-6-11)16-10(3)13(17)15-9(2)14(16)18/h5-10H,4H2,1-3H3,(H,15,17). The highest BCUT2D eigenvalue weighted by Crippen LogP contribution is 2.22. The molecule has 0 saturated carbocycles. The molecule has 1 aromatic rings. The highest BCUT2D eigenvalue weighted by molar-refractivity contribution is 6.07. The van der Waals surface area contributed by atoms with Crippen LogP contribution >= 0.6 is 0 Å². The van der Waals surface area contributed by atoms with Crippen LogP contribution in [0.4, 0.5) is 5.69 Å². The molecular formula is C14H18N2O2. The molecule has 0 bridgehead atoms. The van der Waals surface area contributed by atoms with Gasteiger partial charge in [-0.15, -0.1) is 0 Å². The van der Waals surface area contributed by atoms with Crippen molar-refractivity contribution in [3.63, 3.8) is 0 Å². The van der Waals surface area contributed by atoms with Gasteiger partial charge in [0.25, 0.3) is 0 Å². The van der Waals surface area contributed by atoms with Gasteiger partial charge in [0.15, 0.2) is 0 Å². The largest absolute Gasteiger partial charge is 0.343 e. The monoisotopic (exact) mass is 246 g/mol. The van der Waals surface area contributed by atoms with E-state index in [9.17, 15) is 9.59 Å². The van der Waals surface area contributed by atoms with Crippen LogP contribution in [0.2, 0.25) is 0 Å². The van der Waals surface area contributed by atoms with Crippen LogP contribution in [-0.4, -0.2) is 23.9 Å². The second-order valence-corrected chi connectivity index (χ2v) is 4.63. The predicted octanol–water partition coefficient (Wildman–Crippen LogP) is 1.49. The van der Waals surface area contributed by atoms with Crippen molar-refractivity contribution >= 4 is 17.5 Å². The Kier molecular flexibility index (Phi) is 3.36. The smallest absolute Gasteiger partial charge is 0.250 e. The van der Waals surface area contributed by atoms with Crippen LogP contribution in [0, 0.1) is 0 Å². The normalized spacial score (nSPS) is 24.1. The van der Waals surface area contributed by atoms with E-state index in [0.717, 1.165) is 12.1 Å². The molecule has 1 aliphatic rings. The average Bonchev–Trinajstić information content (AvgIpc) is 2.37. The third-order valence-electron chi connectivity index (χ3n) is 3.36. The molecule has 0 aliphatic carbocycles. The first-order valence-electron chi connectivity index (χ1n) is 6.27. The van der Waals surface area contributed by atoms with Gasteiger partial charge >= 0.3 is 0 Å². The molecule has 1 aromatic carbocycles. The minimum absolute atomic E-state index is 0.0636. The van der Waals surface area contributed by atoms with Crippen molar-refractivity contribution in [1.82, 2.24) is 5.32 Å². The number of carbonyl (C=O) groups excluding carboxylic acids is 2. The molecule has 1 heterocycles. The molecule has 4 nitrogen and oxygen atoms in total. The SMILES string of the molecule is CCc1ccc(N2C(=O)C(C)NC(=O)C2C)cc1. The summed E-state index contributed by atoms with van der Waals surface area (Å²) < 4.78 is 0. The van der Waals surface area contributed by atoms with E-state index in [1.54, 1.807) is 18.7 Å². The predicted molar refractivity (Wildman–Crippen MR) is 70.4 cm³/mol. The van der Waals surface area contributed by atoms with Gasteiger partial charge in [0.1, 0.15) is 12.1 Å². The molecule has 2 unspecified atom stereocenters. The van der Waals surface area contributed by atoms with E-state index >= 15 is 0 Å². The van der Waals surface area contributed by atoms with Crippen molar-refractivity contribution in [1.29, 1.82) is 0 Å². The molecule has 0 aromatic heterocycles. The molecule has 96 valence electrons. The Labute approximate surface area is 107 Å². The summed E-state index contributed by atoms with van der Waals surface area (Å²) in [5.41, 5.74) is 2.00. The van der Waals surface area contributed by atoms with Gasteiger partial charge in [0.05, 0.1) is 0 Å². The Hall–Kier alpha value is -1.84. The van der Waals surface area contributed by atoms with E-state index in [4.69, 9.17) is 0 Å². The van der Waals surface area contributed by atoms with E-state index in [1.165, 1.54) is 5.56 Å². The second kappa shape index (κ2) is 4.80. The number of nitrogens with one attached hydrogen (secondary N) is 1. The lowest BCUT2D eigenvalue weighted by Gasteiger charge is -2.36. The quantitative estimate of drug-likeness (QED) is 0.859. The zero-order valence-corrected chi connectivity index (χ0v) is 10.9. The van der Waals surface area contributed by atoms with Gasteiger partial charge in [0.2, 0.25) is 11.8 Å². The molecule has 4 heteroatoms. The van der Waals surface area contributed by atoms with Crippen LogP contribution in [0.25, 0.3) is 0 Å². The molecular weight excluding hydrogens is 228 g/mol. The Morgan fingerprint density at radius 2 is 1.78 bits per heavy atom. The van der Waals surface area contributed by atoms with Crippen molar-refractivity contribution < 1.29 is 9.59 Å². The van der Waals surface area contributed by atoms with Crippen LogP contribution in [-0.2, 0) is 16.0 Å². The number of benzene rings is 1. The van der Waals surface area contributed by atoms with Crippen LogP contribution in [0.1, 0.15) is 26.3 Å². The lowest BCUT2D eigenvalue weighted by molar-refractivity contribution is -0.133. The Morgan fingerprint density at radius 3 is 2.33 bits per heavy atom. The van der Waals surface area contributed by atoms with E-state index in [2.05, 4.69) is 12.2 Å². The fourth-order valence-electron chi connectivity index (χ4n) is 2.16. The number of piperazine rings is 1. The van der Waals surface area contributed by atoms with Gasteiger partial charge in [-0.2, -0.15) is 0 Å². The number of amides is 2. The van der Waals surface area contributed by atoms with Gasteiger partial charge in [-0.05, 0) is 38.0 Å². The number of aryl methyl sites for hydroxylation is 1. The van der Waals surface area contributed by atoms with E-state index in [-0.39, 0.29) is 11.8 Å². The molecule has 1 N–H and O–H groups in total. The van der Waals surface area contributed by atoms with Crippen molar-refractivity contribution in [3.05, 3.63) is 29.8 Å². The summed E-state index contributed by atoms with van der Waals surface area (Å²) in [6, 6.07) is 6.87. The van der Waals surface area contributed by atoms with Gasteiger partial charge in [-0.3, -0.25) is 14.5 Å². The average molecular weight is 246 g/mol. The lowest BCUT2D eigenvalue weighted by Crippen LogP contribution is -2.61. The van der Waals surface area contributed by atoms with Gasteiger partial charge in [0, 0.05) is 5.69 Å². The molecule has 1 fully saturated rings. The third kappa shape index (κ3) is 2.10. The van der Waals surface area contributed by atoms with Crippen molar-refractivity contribution in [2.24, 2.45) is 0 Å². The third-order valence-corrected chi connectivity index (χ3v) is 3.36. The Morgan fingerprint density at radius 1 is 1.17 bits per heavy atom. The van der Waals surface area contributed by atoms with Crippen LogP contribution < -0.4 is 10.2 Å². The first kappa shape index (κ1) is 12.6. The van der Waals surface area contributed by atoms with Crippen LogP contribution in [0.3, 0.4) is 0 Å². The molecule has 0 spiro atoms. The first-order valence-corrected chi connectivity index (χ1v) is 6.27. The summed E-state index contributed by atoms with van der Waals surface area (Å²) in [6.45, 7) is 5.53. The number of hydrogen-bond donors (Lipinski definition) is 1. The number of nitrogens with zero attached hydrogens (tertiary/aromatic N) is 1. The van der Waals surface area contributed by atoms with Crippen LogP contribution in [0.15, 0.2) is 24.3 Å². The van der Waals surface area contributed by atoms with Crippen molar-refractivity contribution in [3.8, 4) is 0 Å². The molecule has 0 radical (unpaired) electrons. The molecule has 1 aliphatic heterocycles. The number of hydrogen-bond acceptors (Lipinski definition) is 2. The van der Waals surface area contributed by atoms with Gasteiger partial charge in [-0.25, -0.2) is 0 Å². The van der Waals surface area contributed by atoms with Crippen molar-refractivity contribution in [2.45, 2.75) is 39.3 Å². The van der Waals surface area contributed by atoms with Crippen molar-refractivity contribution in [2.75, 3.05) is 4.90 Å². The summed E-state index contributed by atoms with van der Waals surface area (Å²) in [6.07, 6.45) is 0.959. The minimum Gasteiger partial charge on any atom is -0.343 e. The number of anilines is 1. The van der Waals surface area contributed by atoms with Gasteiger partial charge < -0.3 is 5.32 Å². The lowest BCUT2D eigenvalue weighted by atomic mass is 10.1. The zero-order chi connectivity index (χ0) is 13.3. The van der Waals surface area contributed by atoms with E-state index in [0.29, 0.717) is 0 Å². The summed E-state index contributed by atoms with van der Waals surface area (Å²) in [4.78, 5) is 25.5. The van der Waals surface area contributed by atoms with Crippen LogP contribution in [0.5, 0.6) is 0 Å². The number of carbonyl (C=O) groups is 2. The molecule has 2 rings (SSSR count). The Balaban J connectivity index is 2.33. The summed E-state index contributed by atoms with van der Waals surface area (Å²) in [5.74, 6) is -0.173. The maximum absolute atomic E-state index is 12.1. The number of rotatable bonds is 2. The summed E-state index contributed by atoms with van der Waals surface area (Å²) in [5, 5.41) is 2.67.